The molecule has 1 amide bonds. The molecular weight excluding hydrogens is 357 g/mol. The summed E-state index contributed by atoms with van der Waals surface area (Å²) in [6, 6.07) is 10.5. The fourth-order valence-electron chi connectivity index (χ4n) is 2.02. The Morgan fingerprint density at radius 2 is 2.04 bits per heavy atom. The fourth-order valence-corrected chi connectivity index (χ4v) is 2.21. The van der Waals surface area contributed by atoms with Gasteiger partial charge in [-0.2, -0.15) is 23.5 Å². The van der Waals surface area contributed by atoms with E-state index < -0.39 is 28.9 Å². The van der Waals surface area contributed by atoms with Gasteiger partial charge >= 0.3 is 6.18 Å². The van der Waals surface area contributed by atoms with Gasteiger partial charge in [-0.25, -0.2) is 0 Å². The highest BCUT2D eigenvalue weighted by atomic mass is 35.5. The maximum absolute atomic E-state index is 13.0. The summed E-state index contributed by atoms with van der Waals surface area (Å²) in [4.78, 5) is 12.1. The summed E-state index contributed by atoms with van der Waals surface area (Å²) in [5.74, 6) is -0.806. The molecular formula is C16H12ClF3N4O. The third-order valence-electron chi connectivity index (χ3n) is 3.23. The lowest BCUT2D eigenvalue weighted by Crippen LogP contribution is -2.24. The predicted molar refractivity (Wildman–Crippen MR) is 85.1 cm³/mol. The van der Waals surface area contributed by atoms with Crippen molar-refractivity contribution < 1.29 is 18.0 Å². The molecule has 0 aliphatic carbocycles. The van der Waals surface area contributed by atoms with E-state index in [-0.39, 0.29) is 11.7 Å². The third kappa shape index (κ3) is 4.39. The Hall–Kier alpha value is -2.79. The Bertz CT molecular complexity index is 851. The molecule has 130 valence electrons. The van der Waals surface area contributed by atoms with Crippen molar-refractivity contribution in [3.63, 3.8) is 0 Å². The van der Waals surface area contributed by atoms with Crippen LogP contribution in [0.2, 0.25) is 5.15 Å². The molecule has 1 aromatic heterocycles. The highest BCUT2D eigenvalue weighted by Gasteiger charge is 2.38. The summed E-state index contributed by atoms with van der Waals surface area (Å²) in [6.07, 6.45) is -3.98. The molecule has 1 heterocycles. The van der Waals surface area contributed by atoms with Gasteiger partial charge in [0.15, 0.2) is 5.69 Å². The van der Waals surface area contributed by atoms with E-state index in [0.717, 1.165) is 16.3 Å². The van der Waals surface area contributed by atoms with Crippen molar-refractivity contribution in [2.75, 3.05) is 0 Å². The molecule has 5 nitrogen and oxygen atoms in total. The molecule has 0 saturated heterocycles. The number of alkyl halides is 3. The van der Waals surface area contributed by atoms with E-state index in [1.165, 1.54) is 7.05 Å². The van der Waals surface area contributed by atoms with Crippen molar-refractivity contribution >= 4 is 23.6 Å². The molecule has 0 radical (unpaired) electrons. The second-order valence-corrected chi connectivity index (χ2v) is 5.37. The van der Waals surface area contributed by atoms with E-state index in [2.05, 4.69) is 10.4 Å². The van der Waals surface area contributed by atoms with Crippen LogP contribution in [-0.2, 0) is 24.6 Å². The van der Waals surface area contributed by atoms with Gasteiger partial charge in [0.05, 0.1) is 0 Å². The zero-order valence-corrected chi connectivity index (χ0v) is 13.7. The zero-order chi connectivity index (χ0) is 18.6. The molecule has 0 bridgehead atoms. The average Bonchev–Trinajstić information content (AvgIpc) is 2.86. The molecule has 0 saturated carbocycles. The van der Waals surface area contributed by atoms with Gasteiger partial charge in [0.2, 0.25) is 0 Å². The van der Waals surface area contributed by atoms with Gasteiger partial charge in [0.25, 0.3) is 5.91 Å². The first-order chi connectivity index (χ1) is 11.7. The van der Waals surface area contributed by atoms with E-state index in [0.29, 0.717) is 0 Å². The molecule has 9 heteroatoms. The van der Waals surface area contributed by atoms with E-state index >= 15 is 0 Å². The summed E-state index contributed by atoms with van der Waals surface area (Å²) in [7, 11) is 1.23. The van der Waals surface area contributed by atoms with Crippen molar-refractivity contribution in [2.45, 2.75) is 12.7 Å². The highest BCUT2D eigenvalue weighted by molar-refractivity contribution is 6.31. The van der Waals surface area contributed by atoms with Gasteiger partial charge in [-0.05, 0) is 11.6 Å². The number of hydrogen-bond donors (Lipinski definition) is 1. The molecule has 2 aromatic rings. The van der Waals surface area contributed by atoms with Crippen LogP contribution in [0.5, 0.6) is 0 Å². The van der Waals surface area contributed by atoms with Crippen LogP contribution in [0.25, 0.3) is 6.08 Å². The Balaban J connectivity index is 2.29. The number of amides is 1. The first kappa shape index (κ1) is 18.5. The number of aromatic nitrogens is 2. The second-order valence-electron chi connectivity index (χ2n) is 5.01. The van der Waals surface area contributed by atoms with Gasteiger partial charge in [0, 0.05) is 19.2 Å². The Morgan fingerprint density at radius 3 is 2.60 bits per heavy atom. The van der Waals surface area contributed by atoms with Gasteiger partial charge in [-0.15, -0.1) is 0 Å². The Labute approximate surface area is 146 Å². The first-order valence-corrected chi connectivity index (χ1v) is 7.35. The topological polar surface area (TPSA) is 70.7 Å². The summed E-state index contributed by atoms with van der Waals surface area (Å²) < 4.78 is 39.9. The molecule has 25 heavy (non-hydrogen) atoms. The minimum atomic E-state index is -4.77. The van der Waals surface area contributed by atoms with Crippen molar-refractivity contribution in [2.24, 2.45) is 7.05 Å². The van der Waals surface area contributed by atoms with Crippen LogP contribution in [-0.4, -0.2) is 15.7 Å². The zero-order valence-electron chi connectivity index (χ0n) is 12.9. The minimum Gasteiger partial charge on any atom is -0.347 e. The van der Waals surface area contributed by atoms with Crippen LogP contribution in [0.15, 0.2) is 35.9 Å². The van der Waals surface area contributed by atoms with Crippen LogP contribution >= 0.6 is 11.6 Å². The van der Waals surface area contributed by atoms with Crippen molar-refractivity contribution in [1.82, 2.24) is 15.1 Å². The van der Waals surface area contributed by atoms with Gasteiger partial charge < -0.3 is 5.32 Å². The Morgan fingerprint density at radius 1 is 1.40 bits per heavy atom. The molecule has 1 aromatic carbocycles. The van der Waals surface area contributed by atoms with Gasteiger partial charge in [0.1, 0.15) is 16.8 Å². The number of carbonyl (C=O) groups excluding carboxylic acids is 1. The van der Waals surface area contributed by atoms with Crippen LogP contribution in [0.1, 0.15) is 16.8 Å². The van der Waals surface area contributed by atoms with Crippen LogP contribution in [0.3, 0.4) is 0 Å². The number of benzene rings is 1. The first-order valence-electron chi connectivity index (χ1n) is 6.97. The van der Waals surface area contributed by atoms with Crippen molar-refractivity contribution in [1.29, 1.82) is 5.26 Å². The third-order valence-corrected chi connectivity index (χ3v) is 3.68. The highest BCUT2D eigenvalue weighted by Crippen LogP contribution is 2.35. The molecule has 2 rings (SSSR count). The number of halogens is 4. The lowest BCUT2D eigenvalue weighted by atomic mass is 10.1. The predicted octanol–water partition coefficient (Wildman–Crippen LogP) is 3.32. The van der Waals surface area contributed by atoms with Gasteiger partial charge in [-0.1, -0.05) is 41.9 Å². The van der Waals surface area contributed by atoms with Gasteiger partial charge in [-0.3, -0.25) is 9.48 Å². The largest absolute Gasteiger partial charge is 0.435 e. The molecule has 0 fully saturated rings. The number of nitriles is 1. The second kappa shape index (κ2) is 7.40. The van der Waals surface area contributed by atoms with E-state index in [1.54, 1.807) is 36.4 Å². The number of carbonyl (C=O) groups is 1. The minimum absolute atomic E-state index is 0.131. The van der Waals surface area contributed by atoms with Crippen molar-refractivity contribution in [3.05, 3.63) is 57.9 Å². The van der Waals surface area contributed by atoms with E-state index in [9.17, 15) is 18.0 Å². The lowest BCUT2D eigenvalue weighted by molar-refractivity contribution is -0.141. The number of nitrogens with zero attached hydrogens (tertiary/aromatic N) is 3. The summed E-state index contributed by atoms with van der Waals surface area (Å²) in [6.45, 7) is 0.131. The molecule has 0 aliphatic heterocycles. The summed E-state index contributed by atoms with van der Waals surface area (Å²) in [5.41, 5.74) is -1.51. The molecule has 0 atom stereocenters. The fraction of sp³-hybridized carbons (Fsp3) is 0.188. The number of rotatable bonds is 4. The molecule has 0 unspecified atom stereocenters. The molecule has 0 aliphatic rings. The Kier molecular flexibility index (Phi) is 5.49. The van der Waals surface area contributed by atoms with Crippen LogP contribution < -0.4 is 5.32 Å². The number of hydrogen-bond acceptors (Lipinski definition) is 3. The maximum Gasteiger partial charge on any atom is 0.435 e. The number of aryl methyl sites for hydroxylation is 1. The smallest absolute Gasteiger partial charge is 0.347 e. The van der Waals surface area contributed by atoms with E-state index in [1.807, 2.05) is 0 Å². The van der Waals surface area contributed by atoms with Crippen LogP contribution in [0.4, 0.5) is 13.2 Å². The molecule has 0 spiro atoms. The SMILES string of the molecule is Cn1nc(C(F)(F)F)c(/C=C(\C#N)C(=O)NCc2ccccc2)c1Cl. The monoisotopic (exact) mass is 368 g/mol. The normalized spacial score (nSPS) is 11.9. The standard InChI is InChI=1S/C16H12ClF3N4O/c1-24-14(17)12(13(23-24)16(18,19)20)7-11(8-21)15(25)22-9-10-5-3-2-4-6-10/h2-7H,9H2,1H3,(H,22,25)/b11-7+. The van der Waals surface area contributed by atoms with Crippen molar-refractivity contribution in [3.8, 4) is 6.07 Å². The summed E-state index contributed by atoms with van der Waals surface area (Å²) >= 11 is 5.81. The van der Waals surface area contributed by atoms with Crippen LogP contribution in [0, 0.1) is 11.3 Å². The summed E-state index contributed by atoms with van der Waals surface area (Å²) in [5, 5.41) is 14.6. The lowest BCUT2D eigenvalue weighted by Gasteiger charge is -2.06. The number of nitrogens with one attached hydrogen (secondary N) is 1. The maximum atomic E-state index is 13.0. The molecule has 1 N–H and O–H groups in total. The average molecular weight is 369 g/mol. The van der Waals surface area contributed by atoms with E-state index in [4.69, 9.17) is 16.9 Å². The quantitative estimate of drug-likeness (QED) is 0.664.